The maximum absolute atomic E-state index is 12.9. The van der Waals surface area contributed by atoms with Crippen molar-refractivity contribution < 1.29 is 24.2 Å². The molecule has 0 aromatic heterocycles. The van der Waals surface area contributed by atoms with Crippen LogP contribution in [0.1, 0.15) is 18.1 Å². The van der Waals surface area contributed by atoms with Gasteiger partial charge in [0.1, 0.15) is 0 Å². The smallest absolute Gasteiger partial charge is 0.375 e. The van der Waals surface area contributed by atoms with Crippen molar-refractivity contribution in [3.8, 4) is 0 Å². The number of ether oxygens (including phenoxy) is 2. The Kier molecular flexibility index (Phi) is 7.28. The Balaban J connectivity index is 1.81. The van der Waals surface area contributed by atoms with Gasteiger partial charge in [-0.05, 0) is 18.1 Å². The molecule has 7 heteroatoms. The lowest BCUT2D eigenvalue weighted by atomic mass is 10.1. The minimum atomic E-state index is -1.63. The first-order valence-corrected chi connectivity index (χ1v) is 11.3. The first kappa shape index (κ1) is 21.3. The van der Waals surface area contributed by atoms with Gasteiger partial charge in [0, 0.05) is 17.3 Å². The molecule has 2 aromatic carbocycles. The molecule has 1 aliphatic rings. The van der Waals surface area contributed by atoms with Crippen molar-refractivity contribution in [3.05, 3.63) is 82.5 Å². The summed E-state index contributed by atoms with van der Waals surface area (Å²) in [6.07, 6.45) is 0. The fraction of sp³-hybridized carbons (Fsp3) is 0.273. The van der Waals surface area contributed by atoms with Crippen molar-refractivity contribution in [1.29, 1.82) is 0 Å². The van der Waals surface area contributed by atoms with Gasteiger partial charge in [-0.3, -0.25) is 0 Å². The van der Waals surface area contributed by atoms with Crippen LogP contribution in [-0.4, -0.2) is 35.0 Å². The second-order valence-corrected chi connectivity index (χ2v) is 8.34. The molecule has 3 rings (SSSR count). The fourth-order valence-electron chi connectivity index (χ4n) is 2.87. The molecular formula is C22H22O5S2. The van der Waals surface area contributed by atoms with Gasteiger partial charge in [0.2, 0.25) is 5.76 Å². The van der Waals surface area contributed by atoms with E-state index in [2.05, 4.69) is 0 Å². The molecule has 29 heavy (non-hydrogen) atoms. The van der Waals surface area contributed by atoms with Gasteiger partial charge in [0.05, 0.1) is 11.5 Å². The van der Waals surface area contributed by atoms with Gasteiger partial charge in [0.15, 0.2) is 0 Å². The molecule has 1 unspecified atom stereocenters. The van der Waals surface area contributed by atoms with Crippen LogP contribution < -0.4 is 0 Å². The highest BCUT2D eigenvalue weighted by atomic mass is 32.2. The van der Waals surface area contributed by atoms with Crippen LogP contribution >= 0.6 is 23.5 Å². The zero-order chi connectivity index (χ0) is 20.7. The maximum Gasteiger partial charge on any atom is 0.375 e. The number of carbonyl (C=O) groups is 2. The summed E-state index contributed by atoms with van der Waals surface area (Å²) in [5.41, 5.74) is 0.468. The van der Waals surface area contributed by atoms with E-state index in [9.17, 15) is 14.7 Å². The molecule has 0 saturated carbocycles. The summed E-state index contributed by atoms with van der Waals surface area (Å²) in [6.45, 7) is 1.85. The number of hydrogen-bond acceptors (Lipinski definition) is 7. The van der Waals surface area contributed by atoms with Gasteiger partial charge < -0.3 is 14.6 Å². The molecule has 0 spiro atoms. The Morgan fingerprint density at radius 3 is 2.21 bits per heavy atom. The highest BCUT2D eigenvalue weighted by Gasteiger charge is 2.55. The summed E-state index contributed by atoms with van der Waals surface area (Å²) < 4.78 is 10.7. The lowest BCUT2D eigenvalue weighted by molar-refractivity contribution is -0.169. The second kappa shape index (κ2) is 9.89. The van der Waals surface area contributed by atoms with Crippen LogP contribution in [0, 0.1) is 0 Å². The van der Waals surface area contributed by atoms with E-state index in [1.54, 1.807) is 6.92 Å². The number of aliphatic hydroxyl groups is 1. The van der Waals surface area contributed by atoms with Crippen LogP contribution in [0.3, 0.4) is 0 Å². The Labute approximate surface area is 178 Å². The summed E-state index contributed by atoms with van der Waals surface area (Å²) in [4.78, 5) is 25.3. The molecule has 1 atom stereocenters. The number of cyclic esters (lactones) is 1. The maximum atomic E-state index is 12.9. The molecule has 5 nitrogen and oxygen atoms in total. The first-order chi connectivity index (χ1) is 14.1. The van der Waals surface area contributed by atoms with E-state index in [0.29, 0.717) is 11.5 Å². The average Bonchev–Trinajstić information content (AvgIpc) is 2.99. The predicted octanol–water partition coefficient (Wildman–Crippen LogP) is 4.48. The van der Waals surface area contributed by atoms with Gasteiger partial charge >= 0.3 is 11.9 Å². The largest absolute Gasteiger partial charge is 0.501 e. The number of aliphatic hydroxyl groups excluding tert-OH is 1. The SMILES string of the molecule is CCOC(=O)C1(CSCc2ccccc2)OC(=O)C(O)=C1SCc1ccccc1. The number of hydrogen-bond donors (Lipinski definition) is 1. The van der Waals surface area contributed by atoms with Crippen molar-refractivity contribution in [3.63, 3.8) is 0 Å². The van der Waals surface area contributed by atoms with Crippen LogP contribution in [0.25, 0.3) is 0 Å². The van der Waals surface area contributed by atoms with Crippen molar-refractivity contribution in [2.75, 3.05) is 12.4 Å². The summed E-state index contributed by atoms with van der Waals surface area (Å²) in [5.74, 6) is -0.784. The van der Waals surface area contributed by atoms with Crippen LogP contribution in [0.2, 0.25) is 0 Å². The van der Waals surface area contributed by atoms with Crippen molar-refractivity contribution >= 4 is 35.5 Å². The molecule has 0 amide bonds. The monoisotopic (exact) mass is 430 g/mol. The van der Waals surface area contributed by atoms with E-state index in [1.165, 1.54) is 23.5 Å². The third-order valence-electron chi connectivity index (χ3n) is 4.29. The highest BCUT2D eigenvalue weighted by molar-refractivity contribution is 8.02. The standard InChI is InChI=1S/C22H22O5S2/c1-2-26-21(25)22(15-28-13-16-9-5-3-6-10-16)19(18(23)20(24)27-22)29-14-17-11-7-4-8-12-17/h3-12,23H,2,13-15H2,1H3. The normalized spacial score (nSPS) is 18.6. The van der Waals surface area contributed by atoms with E-state index >= 15 is 0 Å². The Hall–Kier alpha value is -2.38. The van der Waals surface area contributed by atoms with Crippen molar-refractivity contribution in [2.24, 2.45) is 0 Å². The third kappa shape index (κ3) is 4.97. The van der Waals surface area contributed by atoms with Gasteiger partial charge in [-0.1, -0.05) is 60.7 Å². The fourth-order valence-corrected chi connectivity index (χ4v) is 5.26. The number of thioether (sulfide) groups is 2. The van der Waals surface area contributed by atoms with Gasteiger partial charge in [0.25, 0.3) is 5.60 Å². The van der Waals surface area contributed by atoms with Gasteiger partial charge in [-0.25, -0.2) is 9.59 Å². The van der Waals surface area contributed by atoms with E-state index < -0.39 is 23.3 Å². The topological polar surface area (TPSA) is 72.8 Å². The minimum absolute atomic E-state index is 0.152. The molecule has 0 radical (unpaired) electrons. The van der Waals surface area contributed by atoms with Gasteiger partial charge in [-0.15, -0.1) is 11.8 Å². The van der Waals surface area contributed by atoms with Crippen LogP contribution in [0.4, 0.5) is 0 Å². The lowest BCUT2D eigenvalue weighted by Gasteiger charge is -2.27. The molecule has 0 aliphatic carbocycles. The van der Waals surface area contributed by atoms with E-state index in [-0.39, 0.29) is 17.3 Å². The molecule has 0 fully saturated rings. The first-order valence-electron chi connectivity index (χ1n) is 9.19. The molecule has 1 aliphatic heterocycles. The van der Waals surface area contributed by atoms with E-state index in [4.69, 9.17) is 9.47 Å². The van der Waals surface area contributed by atoms with E-state index in [1.807, 2.05) is 60.7 Å². The van der Waals surface area contributed by atoms with Crippen LogP contribution in [0.15, 0.2) is 71.3 Å². The van der Waals surface area contributed by atoms with Crippen molar-refractivity contribution in [2.45, 2.75) is 24.0 Å². The van der Waals surface area contributed by atoms with Crippen LogP contribution in [0.5, 0.6) is 0 Å². The summed E-state index contributed by atoms with van der Waals surface area (Å²) in [5, 5.41) is 10.4. The zero-order valence-corrected chi connectivity index (χ0v) is 17.6. The quantitative estimate of drug-likeness (QED) is 0.588. The molecule has 1 N–H and O–H groups in total. The molecular weight excluding hydrogens is 408 g/mol. The van der Waals surface area contributed by atoms with Crippen molar-refractivity contribution in [1.82, 2.24) is 0 Å². The zero-order valence-electron chi connectivity index (χ0n) is 16.0. The molecule has 152 valence electrons. The number of rotatable bonds is 9. The Bertz CT molecular complexity index is 883. The van der Waals surface area contributed by atoms with Crippen LogP contribution in [-0.2, 0) is 30.6 Å². The average molecular weight is 431 g/mol. The minimum Gasteiger partial charge on any atom is -0.501 e. The molecule has 2 aromatic rings. The van der Waals surface area contributed by atoms with E-state index in [0.717, 1.165) is 11.1 Å². The highest BCUT2D eigenvalue weighted by Crippen LogP contribution is 2.44. The molecule has 0 bridgehead atoms. The number of benzene rings is 2. The predicted molar refractivity (Wildman–Crippen MR) is 115 cm³/mol. The number of esters is 2. The molecule has 0 saturated heterocycles. The summed E-state index contributed by atoms with van der Waals surface area (Å²) in [7, 11) is 0. The molecule has 1 heterocycles. The summed E-state index contributed by atoms with van der Waals surface area (Å²) >= 11 is 2.68. The lowest BCUT2D eigenvalue weighted by Crippen LogP contribution is -2.44. The number of carbonyl (C=O) groups excluding carboxylic acids is 2. The Morgan fingerprint density at radius 2 is 1.62 bits per heavy atom. The third-order valence-corrected chi connectivity index (χ3v) is 6.73. The van der Waals surface area contributed by atoms with Gasteiger partial charge in [-0.2, -0.15) is 11.8 Å². The Morgan fingerprint density at radius 1 is 1.03 bits per heavy atom. The summed E-state index contributed by atoms with van der Waals surface area (Å²) in [6, 6.07) is 19.4. The second-order valence-electron chi connectivity index (χ2n) is 6.37.